The maximum absolute atomic E-state index is 13.1. The zero-order valence-electron chi connectivity index (χ0n) is 17.6. The number of hydrogen-bond acceptors (Lipinski definition) is 5. The Hall–Kier alpha value is -3.35. The molecule has 7 heteroatoms. The highest BCUT2D eigenvalue weighted by atomic mass is 16.6. The number of methoxy groups -OCH3 is 1. The van der Waals surface area contributed by atoms with Crippen molar-refractivity contribution in [2.75, 3.05) is 20.2 Å². The molecule has 2 amide bonds. The van der Waals surface area contributed by atoms with Gasteiger partial charge in [0.25, 0.3) is 5.91 Å². The van der Waals surface area contributed by atoms with Crippen LogP contribution in [-0.4, -0.2) is 54.8 Å². The van der Waals surface area contributed by atoms with Gasteiger partial charge < -0.3 is 19.8 Å². The number of likely N-dealkylation sites (tertiary alicyclic amines) is 1. The number of hydrogen-bond donors (Lipinski definition) is 1. The summed E-state index contributed by atoms with van der Waals surface area (Å²) in [7, 11) is 1.61. The van der Waals surface area contributed by atoms with Crippen LogP contribution >= 0.6 is 0 Å². The number of oxime groups is 1. The molecule has 1 fully saturated rings. The highest BCUT2D eigenvalue weighted by Crippen LogP contribution is 2.20. The van der Waals surface area contributed by atoms with Crippen molar-refractivity contribution in [3.05, 3.63) is 65.7 Å². The van der Waals surface area contributed by atoms with Gasteiger partial charge in [-0.05, 0) is 48.2 Å². The number of amides is 2. The second-order valence-electron chi connectivity index (χ2n) is 7.85. The van der Waals surface area contributed by atoms with Crippen molar-refractivity contribution in [3.63, 3.8) is 0 Å². The lowest BCUT2D eigenvalue weighted by atomic mass is 10.0. The maximum atomic E-state index is 13.1. The van der Waals surface area contributed by atoms with Crippen molar-refractivity contribution < 1.29 is 19.2 Å². The van der Waals surface area contributed by atoms with Crippen molar-refractivity contribution in [1.29, 1.82) is 0 Å². The minimum absolute atomic E-state index is 0.0380. The maximum Gasteiger partial charge on any atom is 0.265 e. The molecule has 0 radical (unpaired) electrons. The second kappa shape index (κ2) is 9.64. The highest BCUT2D eigenvalue weighted by molar-refractivity contribution is 6.04. The molecule has 2 atom stereocenters. The summed E-state index contributed by atoms with van der Waals surface area (Å²) in [4.78, 5) is 33.3. The van der Waals surface area contributed by atoms with Crippen LogP contribution in [-0.2, 0) is 20.8 Å². The van der Waals surface area contributed by atoms with E-state index in [1.807, 2.05) is 59.5 Å². The number of carbonyl (C=O) groups is 2. The lowest BCUT2D eigenvalue weighted by molar-refractivity contribution is -0.139. The smallest absolute Gasteiger partial charge is 0.265 e. The molecule has 2 heterocycles. The van der Waals surface area contributed by atoms with Crippen molar-refractivity contribution in [1.82, 2.24) is 10.2 Å². The Morgan fingerprint density at radius 1 is 1.13 bits per heavy atom. The first-order valence-corrected chi connectivity index (χ1v) is 10.6. The summed E-state index contributed by atoms with van der Waals surface area (Å²) in [6, 6.07) is 16.6. The van der Waals surface area contributed by atoms with Gasteiger partial charge in [-0.3, -0.25) is 9.59 Å². The third-order valence-corrected chi connectivity index (χ3v) is 5.70. The van der Waals surface area contributed by atoms with Gasteiger partial charge in [0.2, 0.25) is 12.0 Å². The Bertz CT molecular complexity index is 937. The summed E-state index contributed by atoms with van der Waals surface area (Å²) in [5.74, 6) is 0.395. The van der Waals surface area contributed by atoms with E-state index < -0.39 is 12.1 Å². The van der Waals surface area contributed by atoms with Crippen LogP contribution in [0.4, 0.5) is 0 Å². The molecule has 0 saturated carbocycles. The van der Waals surface area contributed by atoms with E-state index in [9.17, 15) is 9.59 Å². The Labute approximate surface area is 182 Å². The van der Waals surface area contributed by atoms with Crippen LogP contribution in [0.15, 0.2) is 59.8 Å². The predicted octanol–water partition coefficient (Wildman–Crippen LogP) is 2.54. The second-order valence-corrected chi connectivity index (χ2v) is 7.85. The van der Waals surface area contributed by atoms with E-state index in [1.165, 1.54) is 0 Å². The topological polar surface area (TPSA) is 80.2 Å². The van der Waals surface area contributed by atoms with Gasteiger partial charge in [-0.2, -0.15) is 0 Å². The third kappa shape index (κ3) is 5.05. The number of benzene rings is 2. The molecule has 0 aromatic heterocycles. The standard InChI is InChI=1S/C24H27N3O4/c1-30-19-11-9-18(10-12-19)20-16-22(31-26-20)23(28)25-21(15-17-7-3-2-4-8-17)24(29)27-13-5-6-14-27/h2-4,7-12,21-22H,5-6,13-16H2,1H3,(H,25,28). The summed E-state index contributed by atoms with van der Waals surface area (Å²) in [5, 5.41) is 7.02. The van der Waals surface area contributed by atoms with Crippen LogP contribution in [0.5, 0.6) is 5.75 Å². The van der Waals surface area contributed by atoms with Gasteiger partial charge in [0.1, 0.15) is 11.8 Å². The van der Waals surface area contributed by atoms with Gasteiger partial charge in [0.15, 0.2) is 0 Å². The highest BCUT2D eigenvalue weighted by Gasteiger charge is 2.34. The third-order valence-electron chi connectivity index (χ3n) is 5.70. The molecule has 0 bridgehead atoms. The fraction of sp³-hybridized carbons (Fsp3) is 0.375. The number of nitrogens with one attached hydrogen (secondary N) is 1. The molecule has 2 aromatic carbocycles. The molecule has 1 saturated heterocycles. The van der Waals surface area contributed by atoms with Crippen molar-refractivity contribution in [2.45, 2.75) is 37.8 Å². The van der Waals surface area contributed by atoms with E-state index >= 15 is 0 Å². The van der Waals surface area contributed by atoms with Crippen molar-refractivity contribution in [2.24, 2.45) is 5.16 Å². The van der Waals surface area contributed by atoms with Gasteiger partial charge in [0, 0.05) is 25.9 Å². The number of ether oxygens (including phenoxy) is 1. The normalized spacial score (nSPS) is 18.8. The van der Waals surface area contributed by atoms with Crippen LogP contribution in [0.2, 0.25) is 0 Å². The van der Waals surface area contributed by atoms with E-state index in [4.69, 9.17) is 9.57 Å². The molecule has 7 nitrogen and oxygen atoms in total. The fourth-order valence-electron chi connectivity index (χ4n) is 3.94. The average Bonchev–Trinajstić information content (AvgIpc) is 3.51. The molecule has 4 rings (SSSR count). The lowest BCUT2D eigenvalue weighted by Crippen LogP contribution is -2.51. The predicted molar refractivity (Wildman–Crippen MR) is 117 cm³/mol. The van der Waals surface area contributed by atoms with Crippen LogP contribution < -0.4 is 10.1 Å². The Morgan fingerprint density at radius 3 is 2.52 bits per heavy atom. The molecule has 2 unspecified atom stereocenters. The van der Waals surface area contributed by atoms with Crippen molar-refractivity contribution >= 4 is 17.5 Å². The van der Waals surface area contributed by atoms with Gasteiger partial charge in [-0.1, -0.05) is 35.5 Å². The molecule has 0 spiro atoms. The molecular weight excluding hydrogens is 394 g/mol. The molecule has 31 heavy (non-hydrogen) atoms. The Balaban J connectivity index is 1.41. The quantitative estimate of drug-likeness (QED) is 0.745. The summed E-state index contributed by atoms with van der Waals surface area (Å²) < 4.78 is 5.18. The first-order valence-electron chi connectivity index (χ1n) is 10.6. The largest absolute Gasteiger partial charge is 0.497 e. The van der Waals surface area contributed by atoms with E-state index in [1.54, 1.807) is 7.11 Å². The Kier molecular flexibility index (Phi) is 6.50. The van der Waals surface area contributed by atoms with Gasteiger partial charge in [-0.15, -0.1) is 0 Å². The molecular formula is C24H27N3O4. The van der Waals surface area contributed by atoms with Gasteiger partial charge in [-0.25, -0.2) is 0 Å². The van der Waals surface area contributed by atoms with E-state index in [2.05, 4.69) is 10.5 Å². The monoisotopic (exact) mass is 421 g/mol. The minimum Gasteiger partial charge on any atom is -0.497 e. The first-order chi connectivity index (χ1) is 15.1. The number of rotatable bonds is 7. The van der Waals surface area contributed by atoms with Crippen molar-refractivity contribution in [3.8, 4) is 5.75 Å². The van der Waals surface area contributed by atoms with E-state index in [0.717, 1.165) is 42.8 Å². The SMILES string of the molecule is COc1ccc(C2=NOC(C(=O)NC(Cc3ccccc3)C(=O)N3CCCC3)C2)cc1. The first kappa shape index (κ1) is 20.9. The lowest BCUT2D eigenvalue weighted by Gasteiger charge is -2.25. The summed E-state index contributed by atoms with van der Waals surface area (Å²) >= 11 is 0. The molecule has 1 N–H and O–H groups in total. The van der Waals surface area contributed by atoms with Gasteiger partial charge >= 0.3 is 0 Å². The van der Waals surface area contributed by atoms with Crippen LogP contribution in [0.3, 0.4) is 0 Å². The van der Waals surface area contributed by atoms with E-state index in [-0.39, 0.29) is 11.8 Å². The molecule has 2 aliphatic heterocycles. The van der Waals surface area contributed by atoms with E-state index in [0.29, 0.717) is 18.6 Å². The average molecular weight is 421 g/mol. The summed E-state index contributed by atoms with van der Waals surface area (Å²) in [5.41, 5.74) is 2.58. The molecule has 2 aromatic rings. The summed E-state index contributed by atoms with van der Waals surface area (Å²) in [6.07, 6.45) is 2.06. The zero-order valence-corrected chi connectivity index (χ0v) is 17.6. The molecule has 2 aliphatic rings. The van der Waals surface area contributed by atoms with Crippen LogP contribution in [0.25, 0.3) is 0 Å². The zero-order chi connectivity index (χ0) is 21.6. The fourth-order valence-corrected chi connectivity index (χ4v) is 3.94. The molecule has 162 valence electrons. The Morgan fingerprint density at radius 2 is 1.84 bits per heavy atom. The number of carbonyl (C=O) groups excluding carboxylic acids is 2. The van der Waals surface area contributed by atoms with Crippen LogP contribution in [0, 0.1) is 0 Å². The minimum atomic E-state index is -0.748. The number of nitrogens with zero attached hydrogens (tertiary/aromatic N) is 2. The van der Waals surface area contributed by atoms with Crippen LogP contribution in [0.1, 0.15) is 30.4 Å². The summed E-state index contributed by atoms with van der Waals surface area (Å²) in [6.45, 7) is 1.48. The van der Waals surface area contributed by atoms with Gasteiger partial charge in [0.05, 0.1) is 12.8 Å². The molecule has 0 aliphatic carbocycles.